The molecule has 1 rings (SSSR count). The minimum absolute atomic E-state index is 0.135. The summed E-state index contributed by atoms with van der Waals surface area (Å²) in [6.07, 6.45) is 0.135. The Morgan fingerprint density at radius 1 is 1.35 bits per heavy atom. The van der Waals surface area contributed by atoms with E-state index in [1.807, 2.05) is 6.07 Å². The van der Waals surface area contributed by atoms with Gasteiger partial charge in [0, 0.05) is 20.9 Å². The highest BCUT2D eigenvalue weighted by Gasteiger charge is 2.25. The van der Waals surface area contributed by atoms with Crippen molar-refractivity contribution < 1.29 is 9.59 Å². The van der Waals surface area contributed by atoms with E-state index in [2.05, 4.69) is 37.2 Å². The van der Waals surface area contributed by atoms with E-state index in [0.29, 0.717) is 5.56 Å². The standard InChI is InChI=1S/C13H13Br2N3O2/c1-7(2-3-16)11(12(17)19)18-13(20)8-4-9(14)6-10(15)5-8/h4-7,11H,2H2,1H3,(H2,17,19)(H,18,20)/t7-,11-/m1/s1. The second kappa shape index (κ2) is 7.41. The molecule has 5 nitrogen and oxygen atoms in total. The Morgan fingerprint density at radius 2 is 1.90 bits per heavy atom. The number of nitrogens with two attached hydrogens (primary N) is 1. The van der Waals surface area contributed by atoms with Gasteiger partial charge in [-0.05, 0) is 24.1 Å². The van der Waals surface area contributed by atoms with E-state index in [9.17, 15) is 9.59 Å². The minimum Gasteiger partial charge on any atom is -0.368 e. The zero-order valence-corrected chi connectivity index (χ0v) is 13.9. The van der Waals surface area contributed by atoms with Crippen LogP contribution in [0, 0.1) is 17.2 Å². The summed E-state index contributed by atoms with van der Waals surface area (Å²) >= 11 is 6.57. The van der Waals surface area contributed by atoms with Gasteiger partial charge in [0.1, 0.15) is 6.04 Å². The van der Waals surface area contributed by atoms with E-state index < -0.39 is 17.9 Å². The highest BCUT2D eigenvalue weighted by molar-refractivity contribution is 9.11. The van der Waals surface area contributed by atoms with E-state index in [1.165, 1.54) is 0 Å². The van der Waals surface area contributed by atoms with Gasteiger partial charge in [-0.25, -0.2) is 0 Å². The minimum atomic E-state index is -0.875. The Labute approximate surface area is 133 Å². The molecule has 3 N–H and O–H groups in total. The van der Waals surface area contributed by atoms with Crippen LogP contribution in [0.4, 0.5) is 0 Å². The van der Waals surface area contributed by atoms with Crippen molar-refractivity contribution in [2.75, 3.05) is 0 Å². The van der Waals surface area contributed by atoms with Gasteiger partial charge in [-0.1, -0.05) is 38.8 Å². The number of benzene rings is 1. The lowest BCUT2D eigenvalue weighted by molar-refractivity contribution is -0.120. The first-order valence-electron chi connectivity index (χ1n) is 5.78. The number of hydrogen-bond donors (Lipinski definition) is 2. The summed E-state index contributed by atoms with van der Waals surface area (Å²) in [6.45, 7) is 1.69. The number of nitrogens with one attached hydrogen (secondary N) is 1. The van der Waals surface area contributed by atoms with E-state index in [4.69, 9.17) is 11.0 Å². The van der Waals surface area contributed by atoms with Crippen LogP contribution in [0.1, 0.15) is 23.7 Å². The molecule has 0 aliphatic heterocycles. The van der Waals surface area contributed by atoms with E-state index >= 15 is 0 Å². The molecule has 0 saturated carbocycles. The molecule has 2 atom stereocenters. The highest BCUT2D eigenvalue weighted by Crippen LogP contribution is 2.20. The first kappa shape index (κ1) is 16.7. The van der Waals surface area contributed by atoms with Crippen molar-refractivity contribution >= 4 is 43.7 Å². The maximum absolute atomic E-state index is 12.1. The molecule has 7 heteroatoms. The molecule has 0 aromatic heterocycles. The second-order valence-corrected chi connectivity index (χ2v) is 6.18. The predicted molar refractivity (Wildman–Crippen MR) is 81.7 cm³/mol. The van der Waals surface area contributed by atoms with Crippen LogP contribution >= 0.6 is 31.9 Å². The summed E-state index contributed by atoms with van der Waals surface area (Å²) in [6, 6.07) is 6.14. The molecule has 20 heavy (non-hydrogen) atoms. The van der Waals surface area contributed by atoms with Crippen LogP contribution < -0.4 is 11.1 Å². The number of carbonyl (C=O) groups excluding carboxylic acids is 2. The monoisotopic (exact) mass is 401 g/mol. The molecule has 0 bridgehead atoms. The molecule has 106 valence electrons. The number of halogens is 2. The van der Waals surface area contributed by atoms with Gasteiger partial charge in [-0.2, -0.15) is 5.26 Å². The predicted octanol–water partition coefficient (Wildman–Crippen LogP) is 2.35. The summed E-state index contributed by atoms with van der Waals surface area (Å²) in [5, 5.41) is 11.2. The second-order valence-electron chi connectivity index (χ2n) is 4.35. The molecule has 2 amide bonds. The van der Waals surface area contributed by atoms with Crippen LogP contribution in [0.3, 0.4) is 0 Å². The number of hydrogen-bond acceptors (Lipinski definition) is 3. The Kier molecular flexibility index (Phi) is 6.17. The zero-order valence-electron chi connectivity index (χ0n) is 10.7. The molecule has 1 aromatic rings. The molecule has 0 fully saturated rings. The fourth-order valence-corrected chi connectivity index (χ4v) is 2.96. The zero-order chi connectivity index (χ0) is 15.3. The van der Waals surface area contributed by atoms with Crippen molar-refractivity contribution in [3.8, 4) is 6.07 Å². The van der Waals surface area contributed by atoms with Gasteiger partial charge >= 0.3 is 0 Å². The Balaban J connectivity index is 2.91. The van der Waals surface area contributed by atoms with Gasteiger partial charge in [-0.3, -0.25) is 9.59 Å². The lowest BCUT2D eigenvalue weighted by Gasteiger charge is -2.20. The molecule has 0 spiro atoms. The fourth-order valence-electron chi connectivity index (χ4n) is 1.67. The largest absolute Gasteiger partial charge is 0.368 e. The summed E-state index contributed by atoms with van der Waals surface area (Å²) in [4.78, 5) is 23.5. The maximum Gasteiger partial charge on any atom is 0.252 e. The number of primary amides is 1. The third-order valence-corrected chi connectivity index (χ3v) is 3.62. The Bertz CT molecular complexity index is 549. The van der Waals surface area contributed by atoms with Crippen molar-refractivity contribution in [3.63, 3.8) is 0 Å². The van der Waals surface area contributed by atoms with Crippen molar-refractivity contribution in [1.29, 1.82) is 5.26 Å². The molecular formula is C13H13Br2N3O2. The molecule has 0 aliphatic rings. The number of amides is 2. The topological polar surface area (TPSA) is 96.0 Å². The molecule has 1 aromatic carbocycles. The number of carbonyl (C=O) groups is 2. The average molecular weight is 403 g/mol. The lowest BCUT2D eigenvalue weighted by Crippen LogP contribution is -2.48. The maximum atomic E-state index is 12.1. The smallest absolute Gasteiger partial charge is 0.252 e. The third kappa shape index (κ3) is 4.62. The van der Waals surface area contributed by atoms with Crippen LogP contribution in [-0.4, -0.2) is 17.9 Å². The van der Waals surface area contributed by atoms with Crippen molar-refractivity contribution in [2.24, 2.45) is 11.7 Å². The first-order valence-corrected chi connectivity index (χ1v) is 7.37. The van der Waals surface area contributed by atoms with Gasteiger partial charge in [0.15, 0.2) is 0 Å². The van der Waals surface area contributed by atoms with Crippen molar-refractivity contribution in [2.45, 2.75) is 19.4 Å². The normalized spacial score (nSPS) is 13.1. The summed E-state index contributed by atoms with van der Waals surface area (Å²) in [5.74, 6) is -1.42. The van der Waals surface area contributed by atoms with Crippen LogP contribution in [0.15, 0.2) is 27.1 Å². The van der Waals surface area contributed by atoms with Crippen LogP contribution in [0.2, 0.25) is 0 Å². The number of nitrogens with zero attached hydrogens (tertiary/aromatic N) is 1. The van der Waals surface area contributed by atoms with Crippen molar-refractivity contribution in [3.05, 3.63) is 32.7 Å². The van der Waals surface area contributed by atoms with Gasteiger partial charge in [0.25, 0.3) is 5.91 Å². The van der Waals surface area contributed by atoms with Gasteiger partial charge in [-0.15, -0.1) is 0 Å². The SMILES string of the molecule is C[C@H](CC#N)[C@@H](NC(=O)c1cc(Br)cc(Br)c1)C(N)=O. The molecule has 0 heterocycles. The molecule has 0 unspecified atom stereocenters. The molecule has 0 aliphatic carbocycles. The third-order valence-electron chi connectivity index (χ3n) is 2.70. The summed E-state index contributed by atoms with van der Waals surface area (Å²) < 4.78 is 1.47. The van der Waals surface area contributed by atoms with Crippen LogP contribution in [-0.2, 0) is 4.79 Å². The highest BCUT2D eigenvalue weighted by atomic mass is 79.9. The summed E-state index contributed by atoms with van der Waals surface area (Å²) in [5.41, 5.74) is 5.66. The molecule has 0 radical (unpaired) electrons. The number of nitriles is 1. The molecular weight excluding hydrogens is 390 g/mol. The number of rotatable bonds is 5. The first-order chi connectivity index (χ1) is 9.35. The van der Waals surface area contributed by atoms with E-state index in [0.717, 1.165) is 8.95 Å². The quantitative estimate of drug-likeness (QED) is 0.790. The molecule has 0 saturated heterocycles. The fraction of sp³-hybridized carbons (Fsp3) is 0.308. The van der Waals surface area contributed by atoms with Gasteiger partial charge < -0.3 is 11.1 Å². The lowest BCUT2D eigenvalue weighted by atomic mass is 9.98. The van der Waals surface area contributed by atoms with Crippen molar-refractivity contribution in [1.82, 2.24) is 5.32 Å². The Morgan fingerprint density at radius 3 is 2.35 bits per heavy atom. The summed E-state index contributed by atoms with van der Waals surface area (Å²) in [7, 11) is 0. The average Bonchev–Trinajstić information content (AvgIpc) is 2.34. The Hall–Kier alpha value is -1.39. The van der Waals surface area contributed by atoms with Crippen LogP contribution in [0.25, 0.3) is 0 Å². The van der Waals surface area contributed by atoms with E-state index in [-0.39, 0.29) is 12.3 Å². The van der Waals surface area contributed by atoms with Crippen LogP contribution in [0.5, 0.6) is 0 Å². The van der Waals surface area contributed by atoms with Gasteiger partial charge in [0.05, 0.1) is 6.07 Å². The van der Waals surface area contributed by atoms with E-state index in [1.54, 1.807) is 25.1 Å². The van der Waals surface area contributed by atoms with Gasteiger partial charge in [0.2, 0.25) is 5.91 Å².